The topological polar surface area (TPSA) is 66.0 Å². The van der Waals surface area contributed by atoms with E-state index in [9.17, 15) is 0 Å². The Kier molecular flexibility index (Phi) is 4.28. The van der Waals surface area contributed by atoms with Crippen molar-refractivity contribution < 1.29 is 4.42 Å². The van der Waals surface area contributed by atoms with E-state index in [0.29, 0.717) is 17.3 Å². The minimum Gasteiger partial charge on any atom is -0.420 e. The van der Waals surface area contributed by atoms with Crippen molar-refractivity contribution in [2.24, 2.45) is 0 Å². The second-order valence-electron chi connectivity index (χ2n) is 6.34. The molecular formula is C20H18N4O. The quantitative estimate of drug-likeness (QED) is 0.731. The lowest BCUT2D eigenvalue weighted by molar-refractivity contribution is 0.320. The molecule has 0 bridgehead atoms. The van der Waals surface area contributed by atoms with Gasteiger partial charge in [0.2, 0.25) is 11.8 Å². The summed E-state index contributed by atoms with van der Waals surface area (Å²) in [6.45, 7) is 2.73. The van der Waals surface area contributed by atoms with Crippen molar-refractivity contribution in [3.63, 3.8) is 0 Å². The highest BCUT2D eigenvalue weighted by Crippen LogP contribution is 2.29. The van der Waals surface area contributed by atoms with Crippen LogP contribution in [0.4, 0.5) is 0 Å². The zero-order chi connectivity index (χ0) is 17.1. The van der Waals surface area contributed by atoms with Crippen molar-refractivity contribution in [2.45, 2.75) is 18.9 Å². The molecule has 3 aromatic rings. The number of benzene rings is 2. The molecule has 124 valence electrons. The van der Waals surface area contributed by atoms with E-state index in [1.54, 1.807) is 0 Å². The van der Waals surface area contributed by atoms with Crippen LogP contribution in [0.25, 0.3) is 11.5 Å². The number of aromatic nitrogens is 2. The summed E-state index contributed by atoms with van der Waals surface area (Å²) in [5, 5.41) is 17.5. The van der Waals surface area contributed by atoms with Crippen LogP contribution in [0.3, 0.4) is 0 Å². The van der Waals surface area contributed by atoms with Crippen molar-refractivity contribution in [3.05, 3.63) is 71.6 Å². The summed E-state index contributed by atoms with van der Waals surface area (Å²) < 4.78 is 5.90. The predicted octanol–water partition coefficient (Wildman–Crippen LogP) is 3.60. The van der Waals surface area contributed by atoms with Gasteiger partial charge in [0.25, 0.3) is 0 Å². The number of nitrogens with zero attached hydrogens (tertiary/aromatic N) is 4. The van der Waals surface area contributed by atoms with E-state index in [4.69, 9.17) is 9.68 Å². The summed E-state index contributed by atoms with van der Waals surface area (Å²) in [5.41, 5.74) is 2.82. The van der Waals surface area contributed by atoms with Gasteiger partial charge >= 0.3 is 0 Å². The van der Waals surface area contributed by atoms with Gasteiger partial charge in [-0.05, 0) is 42.8 Å². The summed E-state index contributed by atoms with van der Waals surface area (Å²) in [7, 11) is 0. The van der Waals surface area contributed by atoms with E-state index in [1.165, 1.54) is 0 Å². The van der Waals surface area contributed by atoms with E-state index < -0.39 is 0 Å². The Bertz CT molecular complexity index is 897. The van der Waals surface area contributed by atoms with Gasteiger partial charge < -0.3 is 4.42 Å². The molecule has 1 aromatic heterocycles. The van der Waals surface area contributed by atoms with Crippen LogP contribution in [0.5, 0.6) is 0 Å². The molecule has 1 aliphatic rings. The number of nitriles is 1. The van der Waals surface area contributed by atoms with Crippen LogP contribution in [-0.4, -0.2) is 28.2 Å². The van der Waals surface area contributed by atoms with Gasteiger partial charge in [-0.1, -0.05) is 30.3 Å². The normalized spacial score (nSPS) is 17.5. The maximum Gasteiger partial charge on any atom is 0.247 e. The lowest BCUT2D eigenvalue weighted by Gasteiger charge is -2.15. The molecule has 1 atom stereocenters. The molecular weight excluding hydrogens is 312 g/mol. The van der Waals surface area contributed by atoms with Crippen LogP contribution in [0.15, 0.2) is 59.0 Å². The maximum absolute atomic E-state index is 9.02. The van der Waals surface area contributed by atoms with Gasteiger partial charge in [0.1, 0.15) is 0 Å². The molecule has 1 saturated heterocycles. The Morgan fingerprint density at radius 1 is 1.12 bits per heavy atom. The molecule has 0 unspecified atom stereocenters. The Hall–Kier alpha value is -2.97. The SMILES string of the molecule is N#Cc1cccc(CN2CC[C@H](c3nnc(-c4ccccc4)o3)C2)c1. The Morgan fingerprint density at radius 3 is 2.84 bits per heavy atom. The highest BCUT2D eigenvalue weighted by atomic mass is 16.4. The fourth-order valence-electron chi connectivity index (χ4n) is 3.27. The number of hydrogen-bond donors (Lipinski definition) is 0. The first kappa shape index (κ1) is 15.6. The molecule has 0 radical (unpaired) electrons. The molecule has 5 heteroatoms. The van der Waals surface area contributed by atoms with Crippen molar-refractivity contribution in [1.29, 1.82) is 5.26 Å². The van der Waals surface area contributed by atoms with Gasteiger partial charge in [0.05, 0.1) is 17.6 Å². The van der Waals surface area contributed by atoms with Gasteiger partial charge in [0.15, 0.2) is 0 Å². The molecule has 2 heterocycles. The molecule has 25 heavy (non-hydrogen) atoms. The highest BCUT2D eigenvalue weighted by molar-refractivity contribution is 5.51. The Labute approximate surface area is 146 Å². The third-order valence-electron chi connectivity index (χ3n) is 4.55. The summed E-state index contributed by atoms with van der Waals surface area (Å²) in [6.07, 6.45) is 1.01. The average Bonchev–Trinajstić information content (AvgIpc) is 3.32. The summed E-state index contributed by atoms with van der Waals surface area (Å²) in [5.74, 6) is 1.56. The zero-order valence-corrected chi connectivity index (χ0v) is 13.8. The first-order chi connectivity index (χ1) is 12.3. The predicted molar refractivity (Wildman–Crippen MR) is 93.5 cm³/mol. The fourth-order valence-corrected chi connectivity index (χ4v) is 3.27. The smallest absolute Gasteiger partial charge is 0.247 e. The molecule has 0 saturated carbocycles. The second kappa shape index (κ2) is 6.88. The summed E-state index contributed by atoms with van der Waals surface area (Å²) in [4.78, 5) is 2.37. The number of likely N-dealkylation sites (tertiary alicyclic amines) is 1. The molecule has 0 spiro atoms. The molecule has 0 amide bonds. The van der Waals surface area contributed by atoms with Crippen LogP contribution >= 0.6 is 0 Å². The fraction of sp³-hybridized carbons (Fsp3) is 0.250. The van der Waals surface area contributed by atoms with Crippen LogP contribution in [-0.2, 0) is 6.54 Å². The van der Waals surface area contributed by atoms with Gasteiger partial charge in [-0.2, -0.15) is 5.26 Å². The van der Waals surface area contributed by atoms with Crippen LogP contribution in [0.2, 0.25) is 0 Å². The summed E-state index contributed by atoms with van der Waals surface area (Å²) in [6, 6.07) is 19.8. The van der Waals surface area contributed by atoms with E-state index in [1.807, 2.05) is 48.5 Å². The molecule has 1 aliphatic heterocycles. The lowest BCUT2D eigenvalue weighted by Crippen LogP contribution is -2.19. The maximum atomic E-state index is 9.02. The van der Waals surface area contributed by atoms with Gasteiger partial charge in [-0.3, -0.25) is 4.90 Å². The third-order valence-corrected chi connectivity index (χ3v) is 4.55. The van der Waals surface area contributed by atoms with Gasteiger partial charge in [-0.25, -0.2) is 0 Å². The first-order valence-corrected chi connectivity index (χ1v) is 8.42. The lowest BCUT2D eigenvalue weighted by atomic mass is 10.1. The van der Waals surface area contributed by atoms with Crippen molar-refractivity contribution in [3.8, 4) is 17.5 Å². The zero-order valence-electron chi connectivity index (χ0n) is 13.8. The number of rotatable bonds is 4. The van der Waals surface area contributed by atoms with Crippen molar-refractivity contribution >= 4 is 0 Å². The van der Waals surface area contributed by atoms with E-state index in [-0.39, 0.29) is 5.92 Å². The molecule has 0 N–H and O–H groups in total. The minimum atomic E-state index is 0.268. The van der Waals surface area contributed by atoms with E-state index in [2.05, 4.69) is 27.2 Å². The monoisotopic (exact) mass is 330 g/mol. The summed E-state index contributed by atoms with van der Waals surface area (Å²) >= 11 is 0. The highest BCUT2D eigenvalue weighted by Gasteiger charge is 2.28. The van der Waals surface area contributed by atoms with Crippen LogP contribution in [0, 0.1) is 11.3 Å². The molecule has 5 nitrogen and oxygen atoms in total. The van der Waals surface area contributed by atoms with Crippen molar-refractivity contribution in [2.75, 3.05) is 13.1 Å². The van der Waals surface area contributed by atoms with Gasteiger partial charge in [0, 0.05) is 18.7 Å². The van der Waals surface area contributed by atoms with E-state index >= 15 is 0 Å². The number of hydrogen-bond acceptors (Lipinski definition) is 5. The van der Waals surface area contributed by atoms with E-state index in [0.717, 1.165) is 37.2 Å². The molecule has 0 aliphatic carbocycles. The standard InChI is InChI=1S/C20H18N4O/c21-12-15-5-4-6-16(11-15)13-24-10-9-18(14-24)20-23-22-19(25-20)17-7-2-1-3-8-17/h1-8,11,18H,9-10,13-14H2/t18-/m0/s1. The largest absolute Gasteiger partial charge is 0.420 e. The first-order valence-electron chi connectivity index (χ1n) is 8.42. The molecule has 1 fully saturated rings. The van der Waals surface area contributed by atoms with Crippen LogP contribution < -0.4 is 0 Å². The molecule has 4 rings (SSSR count). The Morgan fingerprint density at radius 2 is 2.00 bits per heavy atom. The van der Waals surface area contributed by atoms with Crippen molar-refractivity contribution in [1.82, 2.24) is 15.1 Å². The minimum absolute atomic E-state index is 0.268. The molecule has 2 aromatic carbocycles. The Balaban J connectivity index is 1.42. The second-order valence-corrected chi connectivity index (χ2v) is 6.34. The van der Waals surface area contributed by atoms with Gasteiger partial charge in [-0.15, -0.1) is 10.2 Å². The van der Waals surface area contributed by atoms with Crippen LogP contribution in [0.1, 0.15) is 29.4 Å². The third kappa shape index (κ3) is 3.44. The average molecular weight is 330 g/mol.